The molecule has 0 atom stereocenters. The highest BCUT2D eigenvalue weighted by Gasteiger charge is 2.32. The van der Waals surface area contributed by atoms with Gasteiger partial charge in [0.05, 0.1) is 4.47 Å². The summed E-state index contributed by atoms with van der Waals surface area (Å²) >= 11 is 3.17. The smallest absolute Gasteiger partial charge is 0.312 e. The molecule has 1 aromatic carbocycles. The van der Waals surface area contributed by atoms with E-state index in [9.17, 15) is 14.0 Å². The molecule has 1 aromatic rings. The van der Waals surface area contributed by atoms with Crippen molar-refractivity contribution in [3.8, 4) is 0 Å². The molecule has 1 saturated heterocycles. The van der Waals surface area contributed by atoms with Gasteiger partial charge < -0.3 is 9.80 Å². The second-order valence-corrected chi connectivity index (χ2v) is 5.52. The molecule has 0 unspecified atom stereocenters. The molecule has 108 valence electrons. The van der Waals surface area contributed by atoms with E-state index in [0.717, 1.165) is 6.42 Å². The maximum Gasteiger partial charge on any atom is 0.312 e. The third kappa shape index (κ3) is 3.00. The van der Waals surface area contributed by atoms with Gasteiger partial charge in [0.15, 0.2) is 0 Å². The lowest BCUT2D eigenvalue weighted by molar-refractivity contribution is -0.156. The lowest BCUT2D eigenvalue weighted by Gasteiger charge is -2.33. The molecule has 0 spiro atoms. The summed E-state index contributed by atoms with van der Waals surface area (Å²) in [6.45, 7) is 3.82. The number of carbonyl (C=O) groups is 2. The van der Waals surface area contributed by atoms with Crippen molar-refractivity contribution in [2.24, 2.45) is 0 Å². The molecule has 0 aromatic heterocycles. The Morgan fingerprint density at radius 3 is 2.55 bits per heavy atom. The number of hydrogen-bond donors (Lipinski definition) is 0. The first-order valence-electron chi connectivity index (χ1n) is 6.55. The van der Waals surface area contributed by atoms with E-state index in [0.29, 0.717) is 29.7 Å². The topological polar surface area (TPSA) is 40.6 Å². The molecule has 0 radical (unpaired) electrons. The van der Waals surface area contributed by atoms with E-state index in [1.807, 2.05) is 6.92 Å². The van der Waals surface area contributed by atoms with Crippen molar-refractivity contribution in [3.05, 3.63) is 34.1 Å². The normalized spacial score (nSPS) is 15.9. The van der Waals surface area contributed by atoms with Gasteiger partial charge in [0, 0.05) is 26.2 Å². The fourth-order valence-electron chi connectivity index (χ4n) is 2.23. The van der Waals surface area contributed by atoms with Crippen LogP contribution >= 0.6 is 15.9 Å². The Morgan fingerprint density at radius 1 is 1.20 bits per heavy atom. The van der Waals surface area contributed by atoms with Gasteiger partial charge in [0.1, 0.15) is 5.82 Å². The van der Waals surface area contributed by atoms with E-state index in [-0.39, 0.29) is 12.4 Å². The van der Waals surface area contributed by atoms with E-state index < -0.39 is 11.8 Å². The molecule has 1 heterocycles. The van der Waals surface area contributed by atoms with E-state index in [1.54, 1.807) is 17.0 Å². The number of piperazine rings is 1. The summed E-state index contributed by atoms with van der Waals surface area (Å²) in [6.07, 6.45) is 0.828. The summed E-state index contributed by atoms with van der Waals surface area (Å²) in [5.74, 6) is -1.35. The molecule has 0 N–H and O–H groups in total. The number of hydrogen-bond acceptors (Lipinski definition) is 2. The molecular formula is C14H16BrFN2O2. The summed E-state index contributed by atoms with van der Waals surface area (Å²) in [4.78, 5) is 27.0. The van der Waals surface area contributed by atoms with Crippen LogP contribution < -0.4 is 0 Å². The third-order valence-corrected chi connectivity index (χ3v) is 4.17. The molecule has 4 nitrogen and oxygen atoms in total. The molecule has 1 aliphatic rings. The van der Waals surface area contributed by atoms with Crippen molar-refractivity contribution in [2.45, 2.75) is 19.9 Å². The highest BCUT2D eigenvalue weighted by molar-refractivity contribution is 9.10. The zero-order chi connectivity index (χ0) is 14.7. The van der Waals surface area contributed by atoms with Crippen molar-refractivity contribution >= 4 is 27.7 Å². The highest BCUT2D eigenvalue weighted by Crippen LogP contribution is 2.22. The van der Waals surface area contributed by atoms with Gasteiger partial charge in [-0.05, 0) is 34.0 Å². The van der Waals surface area contributed by atoms with Crippen LogP contribution in [0.4, 0.5) is 4.39 Å². The van der Waals surface area contributed by atoms with Crippen molar-refractivity contribution in [1.29, 1.82) is 0 Å². The predicted molar refractivity (Wildman–Crippen MR) is 76.4 cm³/mol. The lowest BCUT2D eigenvalue weighted by Crippen LogP contribution is -2.53. The van der Waals surface area contributed by atoms with Gasteiger partial charge in [-0.2, -0.15) is 0 Å². The molecule has 0 aliphatic carbocycles. The minimum absolute atomic E-state index is 0.239. The minimum atomic E-state index is -0.513. The average molecular weight is 343 g/mol. The standard InChI is InChI=1S/C14H16BrFN2O2/c1-2-6-17-7-8-18(14(20)13(17)19)9-10-4-3-5-11(16)12(10)15/h3-5H,2,6-9H2,1H3. The Labute approximate surface area is 125 Å². The van der Waals surface area contributed by atoms with Gasteiger partial charge in [0.25, 0.3) is 0 Å². The largest absolute Gasteiger partial charge is 0.333 e. The zero-order valence-electron chi connectivity index (χ0n) is 11.2. The van der Waals surface area contributed by atoms with Crippen LogP contribution in [0, 0.1) is 5.82 Å². The first-order chi connectivity index (χ1) is 9.54. The fourth-order valence-corrected chi connectivity index (χ4v) is 2.62. The molecule has 6 heteroatoms. The summed E-state index contributed by atoms with van der Waals surface area (Å²) in [6, 6.07) is 4.68. The van der Waals surface area contributed by atoms with Gasteiger partial charge >= 0.3 is 11.8 Å². The highest BCUT2D eigenvalue weighted by atomic mass is 79.9. The van der Waals surface area contributed by atoms with Crippen molar-refractivity contribution in [3.63, 3.8) is 0 Å². The Morgan fingerprint density at radius 2 is 1.85 bits per heavy atom. The quantitative estimate of drug-likeness (QED) is 0.787. The molecule has 1 fully saturated rings. The summed E-state index contributed by atoms with van der Waals surface area (Å²) in [5.41, 5.74) is 0.662. The van der Waals surface area contributed by atoms with Crippen LogP contribution in [0.3, 0.4) is 0 Å². The molecule has 20 heavy (non-hydrogen) atoms. The number of carbonyl (C=O) groups excluding carboxylic acids is 2. The van der Waals surface area contributed by atoms with Crippen molar-refractivity contribution < 1.29 is 14.0 Å². The fraction of sp³-hybridized carbons (Fsp3) is 0.429. The number of amides is 2. The van der Waals surface area contributed by atoms with Gasteiger partial charge in [-0.3, -0.25) is 9.59 Å². The van der Waals surface area contributed by atoms with Crippen LogP contribution in [0.25, 0.3) is 0 Å². The van der Waals surface area contributed by atoms with E-state index in [1.165, 1.54) is 11.0 Å². The van der Waals surface area contributed by atoms with Gasteiger partial charge in [-0.25, -0.2) is 4.39 Å². The van der Waals surface area contributed by atoms with Gasteiger partial charge in [-0.1, -0.05) is 19.1 Å². The van der Waals surface area contributed by atoms with Gasteiger partial charge in [-0.15, -0.1) is 0 Å². The molecular weight excluding hydrogens is 327 g/mol. The summed E-state index contributed by atoms with van der Waals surface area (Å²) in [7, 11) is 0. The van der Waals surface area contributed by atoms with Crippen LogP contribution in [0.5, 0.6) is 0 Å². The number of benzene rings is 1. The summed E-state index contributed by atoms with van der Waals surface area (Å²) in [5, 5.41) is 0. The molecule has 0 saturated carbocycles. The Kier molecular flexibility index (Phi) is 4.75. The van der Waals surface area contributed by atoms with Crippen LogP contribution in [-0.2, 0) is 16.1 Å². The van der Waals surface area contributed by atoms with Crippen LogP contribution in [0.2, 0.25) is 0 Å². The molecule has 2 amide bonds. The number of nitrogens with zero attached hydrogens (tertiary/aromatic N) is 2. The maximum absolute atomic E-state index is 13.4. The third-order valence-electron chi connectivity index (χ3n) is 3.28. The lowest BCUT2D eigenvalue weighted by atomic mass is 10.2. The Hall–Kier alpha value is -1.43. The SMILES string of the molecule is CCCN1CCN(Cc2cccc(F)c2Br)C(=O)C1=O. The van der Waals surface area contributed by atoms with Crippen LogP contribution in [0.1, 0.15) is 18.9 Å². The monoisotopic (exact) mass is 342 g/mol. The van der Waals surface area contributed by atoms with E-state index in [4.69, 9.17) is 0 Å². The number of halogens is 2. The van der Waals surface area contributed by atoms with E-state index >= 15 is 0 Å². The average Bonchev–Trinajstić information content (AvgIpc) is 2.43. The van der Waals surface area contributed by atoms with E-state index in [2.05, 4.69) is 15.9 Å². The van der Waals surface area contributed by atoms with Crippen molar-refractivity contribution in [2.75, 3.05) is 19.6 Å². The Bertz CT molecular complexity index is 536. The second-order valence-electron chi connectivity index (χ2n) is 4.73. The maximum atomic E-state index is 13.4. The van der Waals surface area contributed by atoms with Crippen LogP contribution in [0.15, 0.2) is 22.7 Å². The first kappa shape index (κ1) is 15.0. The van der Waals surface area contributed by atoms with Crippen molar-refractivity contribution in [1.82, 2.24) is 9.80 Å². The van der Waals surface area contributed by atoms with Gasteiger partial charge in [0.2, 0.25) is 0 Å². The Balaban J connectivity index is 2.10. The first-order valence-corrected chi connectivity index (χ1v) is 7.35. The minimum Gasteiger partial charge on any atom is -0.333 e. The molecule has 1 aliphatic heterocycles. The molecule has 0 bridgehead atoms. The number of rotatable bonds is 4. The summed E-state index contributed by atoms with van der Waals surface area (Å²) < 4.78 is 13.8. The van der Waals surface area contributed by atoms with Crippen LogP contribution in [-0.4, -0.2) is 41.2 Å². The predicted octanol–water partition coefficient (Wildman–Crippen LogP) is 2.17. The second kappa shape index (κ2) is 6.35. The molecule has 2 rings (SSSR count). The zero-order valence-corrected chi connectivity index (χ0v) is 12.8.